The molecular weight excluding hydrogens is 268 g/mol. The van der Waals surface area contributed by atoms with E-state index in [4.69, 9.17) is 0 Å². The molecule has 1 saturated heterocycles. The summed E-state index contributed by atoms with van der Waals surface area (Å²) < 4.78 is 2.11. The van der Waals surface area contributed by atoms with Crippen LogP contribution in [0, 0.1) is 5.92 Å². The summed E-state index contributed by atoms with van der Waals surface area (Å²) in [6.07, 6.45) is 3.83. The number of thioether (sulfide) groups is 1. The Morgan fingerprint density at radius 2 is 2.10 bits per heavy atom. The highest BCUT2D eigenvalue weighted by molar-refractivity contribution is 7.99. The number of aryl methyl sites for hydroxylation is 1. The van der Waals surface area contributed by atoms with E-state index >= 15 is 0 Å². The molecule has 1 fully saturated rings. The van der Waals surface area contributed by atoms with E-state index in [1.165, 1.54) is 24.3 Å². The molecule has 1 unspecified atom stereocenters. The topological polar surface area (TPSA) is 38.0 Å². The Balaban J connectivity index is 1.67. The lowest BCUT2D eigenvalue weighted by Gasteiger charge is -2.23. The quantitative estimate of drug-likeness (QED) is 0.940. The van der Waals surface area contributed by atoms with Gasteiger partial charge in [-0.1, -0.05) is 12.1 Å². The molecule has 0 bridgehead atoms. The molecule has 1 aromatic carbocycles. The first-order chi connectivity index (χ1) is 9.74. The zero-order valence-corrected chi connectivity index (χ0v) is 12.8. The molecule has 0 radical (unpaired) electrons. The maximum atomic E-state index is 10.3. The molecule has 1 aliphatic rings. The average Bonchev–Trinajstić information content (AvgIpc) is 2.77. The minimum absolute atomic E-state index is 0.265. The number of rotatable bonds is 4. The van der Waals surface area contributed by atoms with Crippen LogP contribution in [0.15, 0.2) is 24.3 Å². The van der Waals surface area contributed by atoms with Crippen LogP contribution in [-0.4, -0.2) is 32.3 Å². The van der Waals surface area contributed by atoms with Gasteiger partial charge >= 0.3 is 0 Å². The van der Waals surface area contributed by atoms with Crippen LogP contribution in [0.4, 0.5) is 0 Å². The van der Waals surface area contributed by atoms with Crippen molar-refractivity contribution in [3.8, 4) is 0 Å². The summed E-state index contributed by atoms with van der Waals surface area (Å²) >= 11 is 2.04. The SMILES string of the molecule is Cn1c(CC(O)CC2CCSCC2)nc2ccccc21. The Labute approximate surface area is 124 Å². The number of nitrogens with zero attached hydrogens (tertiary/aromatic N) is 2. The molecule has 1 aromatic heterocycles. The normalized spacial score (nSPS) is 18.5. The van der Waals surface area contributed by atoms with Crippen LogP contribution in [0.1, 0.15) is 25.1 Å². The van der Waals surface area contributed by atoms with Crippen molar-refractivity contribution in [2.45, 2.75) is 31.8 Å². The molecule has 108 valence electrons. The van der Waals surface area contributed by atoms with E-state index in [9.17, 15) is 5.11 Å². The van der Waals surface area contributed by atoms with Crippen molar-refractivity contribution in [1.29, 1.82) is 0 Å². The number of aliphatic hydroxyl groups excluding tert-OH is 1. The fourth-order valence-corrected chi connectivity index (χ4v) is 4.24. The number of benzene rings is 1. The van der Waals surface area contributed by atoms with E-state index in [1.54, 1.807) is 0 Å². The third-order valence-corrected chi connectivity index (χ3v) is 5.29. The Morgan fingerprint density at radius 1 is 1.35 bits per heavy atom. The lowest BCUT2D eigenvalue weighted by atomic mass is 9.94. The molecular formula is C16H22N2OS. The van der Waals surface area contributed by atoms with Gasteiger partial charge in [0.1, 0.15) is 5.82 Å². The smallest absolute Gasteiger partial charge is 0.112 e. The molecule has 2 heterocycles. The predicted molar refractivity (Wildman–Crippen MR) is 85.1 cm³/mol. The van der Waals surface area contributed by atoms with Gasteiger partial charge in [-0.3, -0.25) is 0 Å². The zero-order chi connectivity index (χ0) is 13.9. The van der Waals surface area contributed by atoms with Gasteiger partial charge in [0.2, 0.25) is 0 Å². The number of hydrogen-bond acceptors (Lipinski definition) is 3. The predicted octanol–water partition coefficient (Wildman–Crippen LogP) is 3.01. The Kier molecular flexibility index (Phi) is 4.32. The van der Waals surface area contributed by atoms with Gasteiger partial charge in [0, 0.05) is 13.5 Å². The second kappa shape index (κ2) is 6.19. The highest BCUT2D eigenvalue weighted by Crippen LogP contribution is 2.27. The monoisotopic (exact) mass is 290 g/mol. The first-order valence-corrected chi connectivity index (χ1v) is 8.55. The summed E-state index contributed by atoms with van der Waals surface area (Å²) in [5, 5.41) is 10.3. The molecule has 1 N–H and O–H groups in total. The second-order valence-electron chi connectivity index (χ2n) is 5.73. The number of aromatic nitrogens is 2. The molecule has 1 aliphatic heterocycles. The van der Waals surface area contributed by atoms with E-state index in [1.807, 2.05) is 37.0 Å². The number of para-hydroxylation sites is 2. The molecule has 3 nitrogen and oxygen atoms in total. The lowest BCUT2D eigenvalue weighted by molar-refractivity contribution is 0.137. The second-order valence-corrected chi connectivity index (χ2v) is 6.95. The van der Waals surface area contributed by atoms with E-state index in [2.05, 4.69) is 15.6 Å². The van der Waals surface area contributed by atoms with E-state index in [0.29, 0.717) is 12.3 Å². The number of imidazole rings is 1. The molecule has 1 atom stereocenters. The van der Waals surface area contributed by atoms with E-state index in [-0.39, 0.29) is 6.10 Å². The van der Waals surface area contributed by atoms with Crippen LogP contribution in [0.2, 0.25) is 0 Å². The molecule has 20 heavy (non-hydrogen) atoms. The van der Waals surface area contributed by atoms with Gasteiger partial charge in [-0.2, -0.15) is 11.8 Å². The molecule has 4 heteroatoms. The molecule has 3 rings (SSSR count). The third kappa shape index (κ3) is 3.01. The Morgan fingerprint density at radius 3 is 2.85 bits per heavy atom. The van der Waals surface area contributed by atoms with Crippen molar-refractivity contribution in [1.82, 2.24) is 9.55 Å². The van der Waals surface area contributed by atoms with Crippen LogP contribution in [0.5, 0.6) is 0 Å². The number of aliphatic hydroxyl groups is 1. The third-order valence-electron chi connectivity index (χ3n) is 4.24. The summed E-state index contributed by atoms with van der Waals surface area (Å²) in [6.45, 7) is 0. The molecule has 2 aromatic rings. The van der Waals surface area contributed by atoms with Gasteiger partial charge in [-0.05, 0) is 48.8 Å². The van der Waals surface area contributed by atoms with Crippen molar-refractivity contribution in [2.75, 3.05) is 11.5 Å². The molecule has 0 amide bonds. The maximum Gasteiger partial charge on any atom is 0.112 e. The minimum Gasteiger partial charge on any atom is -0.393 e. The van der Waals surface area contributed by atoms with Crippen LogP contribution in [-0.2, 0) is 13.5 Å². The maximum absolute atomic E-state index is 10.3. The summed E-state index contributed by atoms with van der Waals surface area (Å²) in [5.41, 5.74) is 2.16. The van der Waals surface area contributed by atoms with Crippen molar-refractivity contribution in [3.63, 3.8) is 0 Å². The van der Waals surface area contributed by atoms with Crippen LogP contribution in [0.25, 0.3) is 11.0 Å². The zero-order valence-electron chi connectivity index (χ0n) is 12.0. The van der Waals surface area contributed by atoms with Gasteiger partial charge in [0.15, 0.2) is 0 Å². The number of hydrogen-bond donors (Lipinski definition) is 1. The van der Waals surface area contributed by atoms with E-state index in [0.717, 1.165) is 23.3 Å². The van der Waals surface area contributed by atoms with Crippen molar-refractivity contribution < 1.29 is 5.11 Å². The van der Waals surface area contributed by atoms with Crippen LogP contribution in [0.3, 0.4) is 0 Å². The van der Waals surface area contributed by atoms with Gasteiger partial charge in [0.05, 0.1) is 17.1 Å². The summed E-state index contributed by atoms with van der Waals surface area (Å²) in [5.74, 6) is 4.19. The fraction of sp³-hybridized carbons (Fsp3) is 0.562. The molecule has 0 spiro atoms. The van der Waals surface area contributed by atoms with Gasteiger partial charge in [0.25, 0.3) is 0 Å². The van der Waals surface area contributed by atoms with Crippen molar-refractivity contribution >= 4 is 22.8 Å². The number of fused-ring (bicyclic) bond motifs is 1. The van der Waals surface area contributed by atoms with Crippen molar-refractivity contribution in [2.24, 2.45) is 13.0 Å². The van der Waals surface area contributed by atoms with Crippen LogP contribution < -0.4 is 0 Å². The summed E-state index contributed by atoms with van der Waals surface area (Å²) in [6, 6.07) is 8.15. The van der Waals surface area contributed by atoms with Gasteiger partial charge < -0.3 is 9.67 Å². The van der Waals surface area contributed by atoms with Gasteiger partial charge in [-0.25, -0.2) is 4.98 Å². The highest BCUT2D eigenvalue weighted by atomic mass is 32.2. The minimum atomic E-state index is -0.265. The largest absolute Gasteiger partial charge is 0.393 e. The summed E-state index contributed by atoms with van der Waals surface area (Å²) in [7, 11) is 2.04. The first kappa shape index (κ1) is 14.0. The van der Waals surface area contributed by atoms with Crippen molar-refractivity contribution in [3.05, 3.63) is 30.1 Å². The highest BCUT2D eigenvalue weighted by Gasteiger charge is 2.19. The molecule has 0 saturated carbocycles. The average molecular weight is 290 g/mol. The fourth-order valence-electron chi connectivity index (χ4n) is 3.04. The van der Waals surface area contributed by atoms with Crippen LogP contribution >= 0.6 is 11.8 Å². The lowest BCUT2D eigenvalue weighted by Crippen LogP contribution is -2.20. The van der Waals surface area contributed by atoms with E-state index < -0.39 is 0 Å². The van der Waals surface area contributed by atoms with Gasteiger partial charge in [-0.15, -0.1) is 0 Å². The standard InChI is InChI=1S/C16H22N2OS/c1-18-15-5-3-2-4-14(15)17-16(18)11-13(19)10-12-6-8-20-9-7-12/h2-5,12-13,19H,6-11H2,1H3. The molecule has 0 aliphatic carbocycles. The summed E-state index contributed by atoms with van der Waals surface area (Å²) in [4.78, 5) is 4.64. The first-order valence-electron chi connectivity index (χ1n) is 7.40. The Hall–Kier alpha value is -1.00. The Bertz CT molecular complexity index is 575.